The lowest BCUT2D eigenvalue weighted by Gasteiger charge is -2.04. The van der Waals surface area contributed by atoms with Crippen molar-refractivity contribution in [3.63, 3.8) is 0 Å². The highest BCUT2D eigenvalue weighted by Crippen LogP contribution is 1.88. The summed E-state index contributed by atoms with van der Waals surface area (Å²) >= 11 is 0. The Morgan fingerprint density at radius 3 is 2.47 bits per heavy atom. The molecule has 0 unspecified atom stereocenters. The molecular weight excluding hydrogens is 216 g/mol. The zero-order valence-electron chi connectivity index (χ0n) is 9.38. The Kier molecular flexibility index (Phi) is 7.33. The first-order valence-corrected chi connectivity index (χ1v) is 7.17. The van der Waals surface area contributed by atoms with Crippen molar-refractivity contribution in [2.45, 2.75) is 19.8 Å². The predicted octanol–water partition coefficient (Wildman–Crippen LogP) is -0.463. The second-order valence-corrected chi connectivity index (χ2v) is 5.70. The number of hydrogen-bond donors (Lipinski definition) is 2. The first-order chi connectivity index (χ1) is 6.95. The molecule has 0 saturated carbocycles. The molecule has 6 heteroatoms. The van der Waals surface area contributed by atoms with E-state index < -0.39 is 9.84 Å². The molecule has 5 nitrogen and oxygen atoms in total. The van der Waals surface area contributed by atoms with Crippen LogP contribution in [0.25, 0.3) is 0 Å². The Hall–Kier alpha value is -0.620. The number of rotatable bonds is 8. The van der Waals surface area contributed by atoms with Crippen molar-refractivity contribution in [3.8, 4) is 0 Å². The average molecular weight is 236 g/mol. The van der Waals surface area contributed by atoms with Crippen LogP contribution in [0, 0.1) is 0 Å². The van der Waals surface area contributed by atoms with E-state index in [-0.39, 0.29) is 18.1 Å². The van der Waals surface area contributed by atoms with Crippen LogP contribution in [0.1, 0.15) is 19.8 Å². The third kappa shape index (κ3) is 11.3. The number of sulfone groups is 1. The molecule has 0 aliphatic carbocycles. The Labute approximate surface area is 91.5 Å². The molecule has 0 fully saturated rings. The molecule has 0 aliphatic heterocycles. The van der Waals surface area contributed by atoms with Gasteiger partial charge < -0.3 is 10.6 Å². The van der Waals surface area contributed by atoms with Gasteiger partial charge in [-0.1, -0.05) is 6.92 Å². The lowest BCUT2D eigenvalue weighted by molar-refractivity contribution is -0.120. The fourth-order valence-corrected chi connectivity index (χ4v) is 1.54. The smallest absolute Gasteiger partial charge is 0.221 e. The maximum Gasteiger partial charge on any atom is 0.221 e. The van der Waals surface area contributed by atoms with Crippen molar-refractivity contribution in [3.05, 3.63) is 0 Å². The van der Waals surface area contributed by atoms with E-state index in [9.17, 15) is 13.2 Å². The molecule has 0 spiro atoms. The third-order valence-electron chi connectivity index (χ3n) is 1.80. The first kappa shape index (κ1) is 14.4. The molecular formula is C9H20N2O3S. The molecule has 0 aromatic carbocycles. The van der Waals surface area contributed by atoms with Gasteiger partial charge in [-0.2, -0.15) is 0 Å². The molecule has 15 heavy (non-hydrogen) atoms. The fraction of sp³-hybridized carbons (Fsp3) is 0.889. The van der Waals surface area contributed by atoms with Crippen molar-refractivity contribution >= 4 is 15.7 Å². The van der Waals surface area contributed by atoms with Crippen LogP contribution < -0.4 is 10.6 Å². The summed E-state index contributed by atoms with van der Waals surface area (Å²) in [4.78, 5) is 11.1. The van der Waals surface area contributed by atoms with Gasteiger partial charge in [-0.05, 0) is 19.5 Å². The van der Waals surface area contributed by atoms with Crippen LogP contribution in [0.2, 0.25) is 0 Å². The molecule has 0 heterocycles. The summed E-state index contributed by atoms with van der Waals surface area (Å²) in [5.41, 5.74) is 0. The van der Waals surface area contributed by atoms with E-state index in [1.54, 1.807) is 0 Å². The number of carbonyl (C=O) groups is 1. The molecule has 2 N–H and O–H groups in total. The van der Waals surface area contributed by atoms with Gasteiger partial charge in [0.1, 0.15) is 9.84 Å². The van der Waals surface area contributed by atoms with Crippen LogP contribution in [-0.4, -0.2) is 46.0 Å². The molecule has 90 valence electrons. The predicted molar refractivity (Wildman–Crippen MR) is 60.5 cm³/mol. The lowest BCUT2D eigenvalue weighted by atomic mass is 10.4. The second-order valence-electron chi connectivity index (χ2n) is 3.44. The molecule has 0 atom stereocenters. The summed E-state index contributed by atoms with van der Waals surface area (Å²) in [6.45, 7) is 4.39. The van der Waals surface area contributed by atoms with Crippen LogP contribution in [0.4, 0.5) is 0 Å². The number of amides is 1. The van der Waals surface area contributed by atoms with Gasteiger partial charge in [0, 0.05) is 19.2 Å². The molecule has 1 amide bonds. The van der Waals surface area contributed by atoms with E-state index >= 15 is 0 Å². The summed E-state index contributed by atoms with van der Waals surface area (Å²) < 4.78 is 21.5. The Morgan fingerprint density at radius 1 is 1.27 bits per heavy atom. The Morgan fingerprint density at radius 2 is 1.93 bits per heavy atom. The van der Waals surface area contributed by atoms with Gasteiger partial charge in [0.05, 0.1) is 5.75 Å². The quantitative estimate of drug-likeness (QED) is 0.559. The number of nitrogens with one attached hydrogen (secondary N) is 2. The van der Waals surface area contributed by atoms with Crippen LogP contribution in [-0.2, 0) is 14.6 Å². The molecule has 0 saturated heterocycles. The summed E-state index contributed by atoms with van der Waals surface area (Å²) in [5.74, 6) is -0.275. The summed E-state index contributed by atoms with van der Waals surface area (Å²) in [7, 11) is -3.03. The maximum absolute atomic E-state index is 11.1. The van der Waals surface area contributed by atoms with Gasteiger partial charge in [-0.3, -0.25) is 4.79 Å². The second kappa shape index (κ2) is 7.64. The van der Waals surface area contributed by atoms with E-state index in [0.717, 1.165) is 25.8 Å². The van der Waals surface area contributed by atoms with Gasteiger partial charge >= 0.3 is 0 Å². The summed E-state index contributed by atoms with van der Waals surface area (Å²) in [5, 5.41) is 5.80. The molecule has 0 radical (unpaired) electrons. The highest BCUT2D eigenvalue weighted by atomic mass is 32.2. The normalized spacial score (nSPS) is 11.3. The SMILES string of the molecule is CCNCCCNC(=O)CCS(C)(=O)=O. The Bertz CT molecular complexity index is 275. The van der Waals surface area contributed by atoms with Crippen LogP contribution in [0.3, 0.4) is 0 Å². The largest absolute Gasteiger partial charge is 0.356 e. The zero-order chi connectivity index (χ0) is 11.7. The molecule has 0 aromatic rings. The zero-order valence-corrected chi connectivity index (χ0v) is 10.2. The van der Waals surface area contributed by atoms with Gasteiger partial charge in [-0.15, -0.1) is 0 Å². The van der Waals surface area contributed by atoms with Crippen molar-refractivity contribution in [2.75, 3.05) is 31.6 Å². The van der Waals surface area contributed by atoms with Gasteiger partial charge in [0.25, 0.3) is 0 Å². The first-order valence-electron chi connectivity index (χ1n) is 5.11. The third-order valence-corrected chi connectivity index (χ3v) is 2.75. The highest BCUT2D eigenvalue weighted by molar-refractivity contribution is 7.90. The molecule has 0 aromatic heterocycles. The van der Waals surface area contributed by atoms with E-state index in [1.807, 2.05) is 6.92 Å². The summed E-state index contributed by atoms with van der Waals surface area (Å²) in [6.07, 6.45) is 2.05. The molecule has 0 rings (SSSR count). The topological polar surface area (TPSA) is 75.3 Å². The van der Waals surface area contributed by atoms with Crippen molar-refractivity contribution in [1.29, 1.82) is 0 Å². The number of carbonyl (C=O) groups excluding carboxylic acids is 1. The van der Waals surface area contributed by atoms with Crippen molar-refractivity contribution in [2.24, 2.45) is 0 Å². The van der Waals surface area contributed by atoms with E-state index in [0.29, 0.717) is 6.54 Å². The van der Waals surface area contributed by atoms with Crippen molar-refractivity contribution in [1.82, 2.24) is 10.6 Å². The minimum absolute atomic E-state index is 0.0556. The van der Waals surface area contributed by atoms with Crippen LogP contribution >= 0.6 is 0 Å². The van der Waals surface area contributed by atoms with E-state index in [1.165, 1.54) is 0 Å². The monoisotopic (exact) mass is 236 g/mol. The highest BCUT2D eigenvalue weighted by Gasteiger charge is 2.06. The minimum Gasteiger partial charge on any atom is -0.356 e. The molecule has 0 aliphatic rings. The maximum atomic E-state index is 11.1. The Balaban J connectivity index is 3.42. The lowest BCUT2D eigenvalue weighted by Crippen LogP contribution is -2.28. The van der Waals surface area contributed by atoms with Gasteiger partial charge in [0.2, 0.25) is 5.91 Å². The summed E-state index contributed by atoms with van der Waals surface area (Å²) in [6, 6.07) is 0. The van der Waals surface area contributed by atoms with Crippen LogP contribution in [0.15, 0.2) is 0 Å². The van der Waals surface area contributed by atoms with Gasteiger partial charge in [-0.25, -0.2) is 8.42 Å². The molecule has 0 bridgehead atoms. The number of hydrogen-bond acceptors (Lipinski definition) is 4. The standard InChI is InChI=1S/C9H20N2O3S/c1-3-10-6-4-7-11-9(12)5-8-15(2,13)14/h10H,3-8H2,1-2H3,(H,11,12). The van der Waals surface area contributed by atoms with E-state index in [2.05, 4.69) is 10.6 Å². The van der Waals surface area contributed by atoms with E-state index in [4.69, 9.17) is 0 Å². The average Bonchev–Trinajstić information content (AvgIpc) is 2.13. The van der Waals surface area contributed by atoms with Gasteiger partial charge in [0.15, 0.2) is 0 Å². The minimum atomic E-state index is -3.03. The fourth-order valence-electron chi connectivity index (χ4n) is 0.984. The van der Waals surface area contributed by atoms with Crippen molar-refractivity contribution < 1.29 is 13.2 Å². The van der Waals surface area contributed by atoms with Crippen LogP contribution in [0.5, 0.6) is 0 Å².